The van der Waals surface area contributed by atoms with Gasteiger partial charge in [0.05, 0.1) is 4.90 Å². The van der Waals surface area contributed by atoms with E-state index in [1.165, 1.54) is 0 Å². The SMILES string of the molecule is O=S(=O)(Nc1c(Cl)ncnc1Cl)c1ccc(F)cc1. The van der Waals surface area contributed by atoms with Gasteiger partial charge >= 0.3 is 0 Å². The van der Waals surface area contributed by atoms with Crippen molar-refractivity contribution in [3.05, 3.63) is 46.7 Å². The Morgan fingerprint density at radius 3 is 2.11 bits per heavy atom. The number of halogens is 3. The summed E-state index contributed by atoms with van der Waals surface area (Å²) in [5.74, 6) is -0.543. The Balaban J connectivity index is 2.39. The number of nitrogens with zero attached hydrogens (tertiary/aromatic N) is 2. The molecule has 0 aliphatic rings. The van der Waals surface area contributed by atoms with Crippen LogP contribution in [-0.2, 0) is 10.0 Å². The van der Waals surface area contributed by atoms with Crippen LogP contribution in [0.25, 0.3) is 0 Å². The standard InChI is InChI=1S/C10H6Cl2FN3O2S/c11-9-8(10(12)15-5-14-9)16-19(17,18)7-3-1-6(13)2-4-7/h1-5,16H. The average Bonchev–Trinajstić information content (AvgIpc) is 2.35. The molecule has 1 heterocycles. The number of anilines is 1. The minimum atomic E-state index is -3.94. The van der Waals surface area contributed by atoms with Gasteiger partial charge in [-0.05, 0) is 24.3 Å². The summed E-state index contributed by atoms with van der Waals surface area (Å²) < 4.78 is 38.9. The topological polar surface area (TPSA) is 72.0 Å². The molecule has 0 fully saturated rings. The van der Waals surface area contributed by atoms with Crippen molar-refractivity contribution in [2.45, 2.75) is 4.90 Å². The zero-order chi connectivity index (χ0) is 14.0. The van der Waals surface area contributed by atoms with Crippen molar-refractivity contribution < 1.29 is 12.8 Å². The number of sulfonamides is 1. The van der Waals surface area contributed by atoms with Gasteiger partial charge in [-0.15, -0.1) is 0 Å². The van der Waals surface area contributed by atoms with Gasteiger partial charge in [0.1, 0.15) is 17.8 Å². The molecule has 0 saturated carbocycles. The van der Waals surface area contributed by atoms with Gasteiger partial charge in [0.25, 0.3) is 10.0 Å². The van der Waals surface area contributed by atoms with Crippen molar-refractivity contribution in [2.75, 3.05) is 4.72 Å². The summed E-state index contributed by atoms with van der Waals surface area (Å²) in [6.07, 6.45) is 1.10. The van der Waals surface area contributed by atoms with Crippen LogP contribution in [0.15, 0.2) is 35.5 Å². The fourth-order valence-electron chi connectivity index (χ4n) is 1.24. The van der Waals surface area contributed by atoms with E-state index in [-0.39, 0.29) is 20.9 Å². The molecule has 9 heteroatoms. The van der Waals surface area contributed by atoms with Crippen molar-refractivity contribution in [3.8, 4) is 0 Å². The van der Waals surface area contributed by atoms with Crippen molar-refractivity contribution >= 4 is 38.9 Å². The molecular formula is C10H6Cl2FN3O2S. The molecule has 100 valence electrons. The number of hydrogen-bond donors (Lipinski definition) is 1. The number of nitrogens with one attached hydrogen (secondary N) is 1. The minimum absolute atomic E-state index is 0.129. The van der Waals surface area contributed by atoms with Gasteiger partial charge in [-0.25, -0.2) is 22.8 Å². The number of benzene rings is 1. The number of rotatable bonds is 3. The fourth-order valence-corrected chi connectivity index (χ4v) is 2.83. The lowest BCUT2D eigenvalue weighted by molar-refractivity contribution is 0.599. The van der Waals surface area contributed by atoms with Crippen LogP contribution in [0, 0.1) is 5.82 Å². The lowest BCUT2D eigenvalue weighted by atomic mass is 10.4. The maximum absolute atomic E-state index is 12.8. The third-order valence-corrected chi connectivity index (χ3v) is 4.05. The Hall–Kier alpha value is -1.44. The van der Waals surface area contributed by atoms with Gasteiger partial charge in [-0.2, -0.15) is 0 Å². The van der Waals surface area contributed by atoms with Crippen molar-refractivity contribution in [1.29, 1.82) is 0 Å². The molecule has 5 nitrogen and oxygen atoms in total. The second kappa shape index (κ2) is 5.28. The lowest BCUT2D eigenvalue weighted by Gasteiger charge is -2.09. The lowest BCUT2D eigenvalue weighted by Crippen LogP contribution is -2.14. The molecule has 0 aliphatic carbocycles. The zero-order valence-electron chi connectivity index (χ0n) is 9.14. The molecule has 2 aromatic rings. The predicted molar refractivity (Wildman–Crippen MR) is 69.3 cm³/mol. The van der Waals surface area contributed by atoms with Gasteiger partial charge in [-0.1, -0.05) is 23.2 Å². The van der Waals surface area contributed by atoms with Crippen LogP contribution in [0.1, 0.15) is 0 Å². The summed E-state index contributed by atoms with van der Waals surface area (Å²) in [6, 6.07) is 4.28. The van der Waals surface area contributed by atoms with Crippen molar-refractivity contribution in [2.24, 2.45) is 0 Å². The summed E-state index contributed by atoms with van der Waals surface area (Å²) in [6.45, 7) is 0. The van der Waals surface area contributed by atoms with E-state index in [0.29, 0.717) is 0 Å². The molecule has 0 bridgehead atoms. The molecule has 0 atom stereocenters. The van der Waals surface area contributed by atoms with Crippen LogP contribution >= 0.6 is 23.2 Å². The third-order valence-electron chi connectivity index (χ3n) is 2.12. The molecule has 19 heavy (non-hydrogen) atoms. The van der Waals surface area contributed by atoms with Crippen molar-refractivity contribution in [3.63, 3.8) is 0 Å². The quantitative estimate of drug-likeness (QED) is 0.882. The third kappa shape index (κ3) is 3.12. The van der Waals surface area contributed by atoms with Crippen LogP contribution in [0.3, 0.4) is 0 Å². The summed E-state index contributed by atoms with van der Waals surface area (Å²) >= 11 is 11.5. The number of hydrogen-bond acceptors (Lipinski definition) is 4. The summed E-state index contributed by atoms with van der Waals surface area (Å²) in [5, 5.41) is -0.267. The molecule has 0 aliphatic heterocycles. The van der Waals surface area contributed by atoms with Crippen LogP contribution in [0.2, 0.25) is 10.3 Å². The monoisotopic (exact) mass is 321 g/mol. The average molecular weight is 322 g/mol. The van der Waals surface area contributed by atoms with E-state index in [9.17, 15) is 12.8 Å². The Kier molecular flexibility index (Phi) is 3.88. The molecule has 0 radical (unpaired) electrons. The predicted octanol–water partition coefficient (Wildman–Crippen LogP) is 2.72. The van der Waals surface area contributed by atoms with E-state index in [1.807, 2.05) is 0 Å². The zero-order valence-corrected chi connectivity index (χ0v) is 11.5. The highest BCUT2D eigenvalue weighted by Gasteiger charge is 2.18. The molecule has 0 unspecified atom stereocenters. The van der Waals surface area contributed by atoms with Crippen LogP contribution in [0.5, 0.6) is 0 Å². The highest BCUT2D eigenvalue weighted by molar-refractivity contribution is 7.92. The molecule has 1 aromatic carbocycles. The first-order valence-electron chi connectivity index (χ1n) is 4.84. The Bertz CT molecular complexity index is 687. The Morgan fingerprint density at radius 1 is 1.05 bits per heavy atom. The number of aromatic nitrogens is 2. The first-order chi connectivity index (χ1) is 8.90. The van der Waals surface area contributed by atoms with Gasteiger partial charge in [0.2, 0.25) is 0 Å². The Morgan fingerprint density at radius 2 is 1.58 bits per heavy atom. The molecule has 0 amide bonds. The maximum Gasteiger partial charge on any atom is 0.262 e. The van der Waals surface area contributed by atoms with Gasteiger partial charge in [-0.3, -0.25) is 4.72 Å². The first kappa shape index (κ1) is 14.0. The minimum Gasteiger partial charge on any atom is -0.274 e. The van der Waals surface area contributed by atoms with Crippen LogP contribution in [0.4, 0.5) is 10.1 Å². The van der Waals surface area contributed by atoms with Crippen LogP contribution < -0.4 is 4.72 Å². The Labute approximate surface area is 118 Å². The highest BCUT2D eigenvalue weighted by Crippen LogP contribution is 2.28. The summed E-state index contributed by atoms with van der Waals surface area (Å²) in [4.78, 5) is 7.10. The normalized spacial score (nSPS) is 11.3. The summed E-state index contributed by atoms with van der Waals surface area (Å²) in [7, 11) is -3.94. The molecule has 1 N–H and O–H groups in total. The van der Waals surface area contributed by atoms with Gasteiger partial charge < -0.3 is 0 Å². The van der Waals surface area contributed by atoms with E-state index < -0.39 is 15.8 Å². The van der Waals surface area contributed by atoms with E-state index in [4.69, 9.17) is 23.2 Å². The highest BCUT2D eigenvalue weighted by atomic mass is 35.5. The second-order valence-electron chi connectivity index (χ2n) is 3.39. The fraction of sp³-hybridized carbons (Fsp3) is 0. The van der Waals surface area contributed by atoms with E-state index in [2.05, 4.69) is 14.7 Å². The molecule has 1 aromatic heterocycles. The largest absolute Gasteiger partial charge is 0.274 e. The van der Waals surface area contributed by atoms with Gasteiger partial charge in [0.15, 0.2) is 10.3 Å². The van der Waals surface area contributed by atoms with Crippen molar-refractivity contribution in [1.82, 2.24) is 9.97 Å². The van der Waals surface area contributed by atoms with E-state index >= 15 is 0 Å². The molecular weight excluding hydrogens is 316 g/mol. The first-order valence-corrected chi connectivity index (χ1v) is 7.08. The van der Waals surface area contributed by atoms with Gasteiger partial charge in [0, 0.05) is 0 Å². The molecule has 2 rings (SSSR count). The summed E-state index contributed by atoms with van der Waals surface area (Å²) in [5.41, 5.74) is -0.129. The maximum atomic E-state index is 12.8. The molecule has 0 saturated heterocycles. The van der Waals surface area contributed by atoms with Crippen LogP contribution in [-0.4, -0.2) is 18.4 Å². The smallest absolute Gasteiger partial charge is 0.262 e. The van der Waals surface area contributed by atoms with E-state index in [0.717, 1.165) is 30.6 Å². The molecule has 0 spiro atoms. The second-order valence-corrected chi connectivity index (χ2v) is 5.79. The van der Waals surface area contributed by atoms with E-state index in [1.54, 1.807) is 0 Å².